The first-order chi connectivity index (χ1) is 9.10. The first kappa shape index (κ1) is 14.6. The molecule has 2 atom stereocenters. The molecule has 19 heavy (non-hydrogen) atoms. The topological polar surface area (TPSA) is 29.9 Å². The summed E-state index contributed by atoms with van der Waals surface area (Å²) >= 11 is 0. The van der Waals surface area contributed by atoms with Gasteiger partial charge in [0.25, 0.3) is 0 Å². The van der Waals surface area contributed by atoms with Crippen molar-refractivity contribution in [2.45, 2.75) is 66.0 Å². The summed E-state index contributed by atoms with van der Waals surface area (Å²) in [6.45, 7) is 11.3. The van der Waals surface area contributed by atoms with Crippen LogP contribution in [-0.2, 0) is 6.54 Å². The van der Waals surface area contributed by atoms with Crippen LogP contribution in [0.5, 0.6) is 0 Å². The highest BCUT2D eigenvalue weighted by Gasteiger charge is 2.39. The molecule has 1 N–H and O–H groups in total. The summed E-state index contributed by atoms with van der Waals surface area (Å²) in [4.78, 5) is 4.65. The van der Waals surface area contributed by atoms with Gasteiger partial charge in [-0.3, -0.25) is 0 Å². The van der Waals surface area contributed by atoms with Crippen LogP contribution >= 0.6 is 0 Å². The monoisotopic (exact) mass is 263 g/mol. The van der Waals surface area contributed by atoms with E-state index in [1.54, 1.807) is 0 Å². The molecule has 0 aliphatic heterocycles. The summed E-state index contributed by atoms with van der Waals surface area (Å²) in [6.07, 6.45) is 9.45. The van der Waals surface area contributed by atoms with Gasteiger partial charge in [-0.15, -0.1) is 0 Å². The van der Waals surface area contributed by atoms with E-state index in [1.807, 2.05) is 6.20 Å². The Bertz CT molecular complexity index is 394. The van der Waals surface area contributed by atoms with E-state index in [9.17, 15) is 0 Å². The second kappa shape index (κ2) is 6.08. The Morgan fingerprint density at radius 2 is 2.21 bits per heavy atom. The van der Waals surface area contributed by atoms with Gasteiger partial charge >= 0.3 is 0 Å². The first-order valence-electron chi connectivity index (χ1n) is 7.84. The number of aryl methyl sites for hydroxylation is 1. The molecule has 1 aromatic heterocycles. The third-order valence-corrected chi connectivity index (χ3v) is 4.78. The van der Waals surface area contributed by atoms with Crippen LogP contribution in [0.4, 0.5) is 0 Å². The average Bonchev–Trinajstić information content (AvgIpc) is 2.84. The van der Waals surface area contributed by atoms with Crippen molar-refractivity contribution in [3.05, 3.63) is 18.2 Å². The Labute approximate surface area is 117 Å². The molecule has 0 saturated heterocycles. The van der Waals surface area contributed by atoms with Crippen molar-refractivity contribution in [1.29, 1.82) is 0 Å². The SMILES string of the molecule is CCNC(c1nccn1CC)C1CCCCC1(C)C. The van der Waals surface area contributed by atoms with Crippen molar-refractivity contribution >= 4 is 0 Å². The minimum Gasteiger partial charge on any atom is -0.334 e. The molecule has 2 rings (SSSR count). The van der Waals surface area contributed by atoms with Gasteiger partial charge in [-0.05, 0) is 37.6 Å². The van der Waals surface area contributed by atoms with E-state index in [2.05, 4.69) is 48.8 Å². The smallest absolute Gasteiger partial charge is 0.126 e. The summed E-state index contributed by atoms with van der Waals surface area (Å²) < 4.78 is 2.29. The highest BCUT2D eigenvalue weighted by atomic mass is 15.1. The van der Waals surface area contributed by atoms with Gasteiger partial charge in [-0.1, -0.05) is 33.6 Å². The third-order valence-electron chi connectivity index (χ3n) is 4.78. The maximum absolute atomic E-state index is 4.65. The zero-order valence-corrected chi connectivity index (χ0v) is 12.9. The second-order valence-corrected chi connectivity index (χ2v) is 6.45. The minimum atomic E-state index is 0.398. The molecule has 1 aromatic rings. The van der Waals surface area contributed by atoms with E-state index in [0.29, 0.717) is 17.4 Å². The number of aromatic nitrogens is 2. The number of nitrogens with zero attached hydrogens (tertiary/aromatic N) is 2. The van der Waals surface area contributed by atoms with E-state index >= 15 is 0 Å². The molecule has 1 fully saturated rings. The molecular formula is C16H29N3. The van der Waals surface area contributed by atoms with Crippen LogP contribution in [0.25, 0.3) is 0 Å². The zero-order valence-electron chi connectivity index (χ0n) is 12.9. The predicted molar refractivity (Wildman–Crippen MR) is 80.1 cm³/mol. The number of imidazole rings is 1. The predicted octanol–water partition coefficient (Wildman–Crippen LogP) is 3.77. The van der Waals surface area contributed by atoms with Crippen LogP contribution in [-0.4, -0.2) is 16.1 Å². The van der Waals surface area contributed by atoms with Crippen LogP contribution in [0.2, 0.25) is 0 Å². The fourth-order valence-electron chi connectivity index (χ4n) is 3.64. The minimum absolute atomic E-state index is 0.398. The van der Waals surface area contributed by atoms with Crippen molar-refractivity contribution in [2.24, 2.45) is 11.3 Å². The molecule has 1 aliphatic rings. The van der Waals surface area contributed by atoms with Crippen molar-refractivity contribution < 1.29 is 0 Å². The summed E-state index contributed by atoms with van der Waals surface area (Å²) in [6, 6.07) is 0.398. The highest BCUT2D eigenvalue weighted by molar-refractivity contribution is 5.05. The Kier molecular flexibility index (Phi) is 4.67. The summed E-state index contributed by atoms with van der Waals surface area (Å²) in [7, 11) is 0. The molecule has 1 aliphatic carbocycles. The molecule has 3 nitrogen and oxygen atoms in total. The Morgan fingerprint density at radius 1 is 1.42 bits per heavy atom. The van der Waals surface area contributed by atoms with Crippen molar-refractivity contribution in [3.8, 4) is 0 Å². The zero-order chi connectivity index (χ0) is 13.9. The van der Waals surface area contributed by atoms with Crippen molar-refractivity contribution in [1.82, 2.24) is 14.9 Å². The molecule has 108 valence electrons. The second-order valence-electron chi connectivity index (χ2n) is 6.45. The maximum atomic E-state index is 4.65. The van der Waals surface area contributed by atoms with E-state index in [-0.39, 0.29) is 0 Å². The molecule has 1 heterocycles. The number of rotatable bonds is 5. The van der Waals surface area contributed by atoms with E-state index in [4.69, 9.17) is 0 Å². The average molecular weight is 263 g/mol. The summed E-state index contributed by atoms with van der Waals surface area (Å²) in [5.74, 6) is 1.92. The summed E-state index contributed by atoms with van der Waals surface area (Å²) in [5.41, 5.74) is 0.412. The van der Waals surface area contributed by atoms with Gasteiger partial charge in [0.05, 0.1) is 6.04 Å². The normalized spacial score (nSPS) is 24.3. The Balaban J connectivity index is 2.29. The number of nitrogens with one attached hydrogen (secondary N) is 1. The summed E-state index contributed by atoms with van der Waals surface area (Å²) in [5, 5.41) is 3.70. The van der Waals surface area contributed by atoms with Crippen molar-refractivity contribution in [3.63, 3.8) is 0 Å². The van der Waals surface area contributed by atoms with E-state index < -0.39 is 0 Å². The Hall–Kier alpha value is -0.830. The first-order valence-corrected chi connectivity index (χ1v) is 7.84. The highest BCUT2D eigenvalue weighted by Crippen LogP contribution is 2.46. The van der Waals surface area contributed by atoms with Crippen LogP contribution in [0.15, 0.2) is 12.4 Å². The fraction of sp³-hybridized carbons (Fsp3) is 0.812. The molecular weight excluding hydrogens is 234 g/mol. The van der Waals surface area contributed by atoms with Crippen LogP contribution in [0, 0.1) is 11.3 Å². The van der Waals surface area contributed by atoms with Crippen LogP contribution in [0.3, 0.4) is 0 Å². The van der Waals surface area contributed by atoms with Gasteiger partial charge in [-0.2, -0.15) is 0 Å². The van der Waals surface area contributed by atoms with Gasteiger partial charge in [0, 0.05) is 18.9 Å². The Morgan fingerprint density at radius 3 is 2.84 bits per heavy atom. The molecule has 1 saturated carbocycles. The van der Waals surface area contributed by atoms with Gasteiger partial charge in [-0.25, -0.2) is 4.98 Å². The molecule has 2 unspecified atom stereocenters. The lowest BCUT2D eigenvalue weighted by atomic mass is 9.65. The molecule has 0 spiro atoms. The van der Waals surface area contributed by atoms with Gasteiger partial charge < -0.3 is 9.88 Å². The van der Waals surface area contributed by atoms with Gasteiger partial charge in [0.1, 0.15) is 5.82 Å². The fourth-order valence-corrected chi connectivity index (χ4v) is 3.64. The lowest BCUT2D eigenvalue weighted by Crippen LogP contribution is -2.40. The number of hydrogen-bond donors (Lipinski definition) is 1. The van der Waals surface area contributed by atoms with Crippen LogP contribution in [0.1, 0.15) is 65.2 Å². The van der Waals surface area contributed by atoms with E-state index in [0.717, 1.165) is 13.1 Å². The van der Waals surface area contributed by atoms with Gasteiger partial charge in [0.15, 0.2) is 0 Å². The molecule has 0 amide bonds. The molecule has 3 heteroatoms. The van der Waals surface area contributed by atoms with Crippen LogP contribution < -0.4 is 5.32 Å². The lowest BCUT2D eigenvalue weighted by molar-refractivity contribution is 0.0942. The lowest BCUT2D eigenvalue weighted by Gasteiger charge is -2.43. The van der Waals surface area contributed by atoms with Gasteiger partial charge in [0.2, 0.25) is 0 Å². The quantitative estimate of drug-likeness (QED) is 0.876. The van der Waals surface area contributed by atoms with E-state index in [1.165, 1.54) is 31.5 Å². The standard InChI is InChI=1S/C16H29N3/c1-5-17-14(15-18-11-12-19(15)6-2)13-9-7-8-10-16(13,3)4/h11-14,17H,5-10H2,1-4H3. The molecule has 0 bridgehead atoms. The maximum Gasteiger partial charge on any atom is 0.126 e. The molecule has 0 aromatic carbocycles. The van der Waals surface area contributed by atoms with Crippen molar-refractivity contribution in [2.75, 3.05) is 6.54 Å². The number of hydrogen-bond acceptors (Lipinski definition) is 2. The third kappa shape index (κ3) is 3.02. The largest absolute Gasteiger partial charge is 0.334 e. The molecule has 0 radical (unpaired) electrons.